The number of hydrogen-bond donors (Lipinski definition) is 0. The zero-order valence-corrected chi connectivity index (χ0v) is 14.0. The van der Waals surface area contributed by atoms with Gasteiger partial charge in [-0.1, -0.05) is 19.1 Å². The molecular weight excluding hydrogens is 340 g/mol. The molecule has 0 saturated carbocycles. The molecule has 2 rings (SSSR count). The molecule has 0 unspecified atom stereocenters. The van der Waals surface area contributed by atoms with E-state index in [0.29, 0.717) is 12.5 Å². The summed E-state index contributed by atoms with van der Waals surface area (Å²) in [6.07, 6.45) is 0.908. The molecule has 0 aliphatic heterocycles. The molecule has 0 spiro atoms. The Kier molecular flexibility index (Phi) is 5.49. The standard InChI is InChI=1S/C15H18BrClN2O/c1-3-13-15(16)14(19(4-2)18-13)10-20-12-7-5-11(9-17)6-8-12/h5-8H,3-4,9-10H2,1-2H3. The highest BCUT2D eigenvalue weighted by atomic mass is 79.9. The molecular formula is C15H18BrClN2O. The van der Waals surface area contributed by atoms with Gasteiger partial charge in [-0.15, -0.1) is 11.6 Å². The van der Waals surface area contributed by atoms with Gasteiger partial charge in [-0.3, -0.25) is 4.68 Å². The van der Waals surface area contributed by atoms with Gasteiger partial charge in [0.15, 0.2) is 0 Å². The first-order valence-corrected chi connectivity index (χ1v) is 8.04. The lowest BCUT2D eigenvalue weighted by molar-refractivity contribution is 0.291. The van der Waals surface area contributed by atoms with E-state index >= 15 is 0 Å². The van der Waals surface area contributed by atoms with Crippen molar-refractivity contribution in [3.8, 4) is 5.75 Å². The summed E-state index contributed by atoms with van der Waals surface area (Å²) in [6.45, 7) is 5.52. The number of aryl methyl sites for hydroxylation is 2. The van der Waals surface area contributed by atoms with Gasteiger partial charge in [-0.25, -0.2) is 0 Å². The van der Waals surface area contributed by atoms with E-state index in [9.17, 15) is 0 Å². The van der Waals surface area contributed by atoms with Crippen LogP contribution in [0, 0.1) is 0 Å². The predicted octanol–water partition coefficient (Wildman–Crippen LogP) is 4.55. The average molecular weight is 358 g/mol. The van der Waals surface area contributed by atoms with Crippen LogP contribution in [-0.4, -0.2) is 9.78 Å². The van der Waals surface area contributed by atoms with E-state index in [-0.39, 0.29) is 0 Å². The van der Waals surface area contributed by atoms with Gasteiger partial charge < -0.3 is 4.74 Å². The van der Waals surface area contributed by atoms with E-state index < -0.39 is 0 Å². The van der Waals surface area contributed by atoms with Crippen molar-refractivity contribution in [2.75, 3.05) is 0 Å². The highest BCUT2D eigenvalue weighted by molar-refractivity contribution is 9.10. The van der Waals surface area contributed by atoms with Gasteiger partial charge in [-0.2, -0.15) is 5.10 Å². The Balaban J connectivity index is 2.11. The first-order valence-electron chi connectivity index (χ1n) is 6.71. The van der Waals surface area contributed by atoms with Crippen LogP contribution in [0.25, 0.3) is 0 Å². The van der Waals surface area contributed by atoms with Crippen molar-refractivity contribution in [3.05, 3.63) is 45.7 Å². The molecule has 0 atom stereocenters. The van der Waals surface area contributed by atoms with Crippen LogP contribution in [0.15, 0.2) is 28.7 Å². The van der Waals surface area contributed by atoms with E-state index in [1.54, 1.807) is 0 Å². The van der Waals surface area contributed by atoms with Gasteiger partial charge in [0.05, 0.1) is 15.9 Å². The zero-order valence-electron chi connectivity index (χ0n) is 11.7. The number of rotatable bonds is 6. The Bertz CT molecular complexity index is 566. The normalized spacial score (nSPS) is 10.8. The monoisotopic (exact) mass is 356 g/mol. The van der Waals surface area contributed by atoms with Gasteiger partial charge in [-0.05, 0) is 47.0 Å². The summed E-state index contributed by atoms with van der Waals surface area (Å²) >= 11 is 9.39. The molecule has 0 N–H and O–H groups in total. The number of alkyl halides is 1. The summed E-state index contributed by atoms with van der Waals surface area (Å²) in [5.41, 5.74) is 3.24. The molecule has 3 nitrogen and oxygen atoms in total. The fourth-order valence-electron chi connectivity index (χ4n) is 1.98. The van der Waals surface area contributed by atoms with E-state index in [2.05, 4.69) is 34.9 Å². The Morgan fingerprint density at radius 2 is 1.95 bits per heavy atom. The predicted molar refractivity (Wildman–Crippen MR) is 85.3 cm³/mol. The third-order valence-electron chi connectivity index (χ3n) is 3.15. The molecule has 108 valence electrons. The van der Waals surface area contributed by atoms with Crippen LogP contribution in [0.4, 0.5) is 0 Å². The summed E-state index contributed by atoms with van der Waals surface area (Å²) in [6, 6.07) is 7.84. The molecule has 0 amide bonds. The first kappa shape index (κ1) is 15.4. The first-order chi connectivity index (χ1) is 9.69. The molecule has 0 aliphatic carbocycles. The van der Waals surface area contributed by atoms with Crippen molar-refractivity contribution < 1.29 is 4.74 Å². The highest BCUT2D eigenvalue weighted by Crippen LogP contribution is 2.24. The molecule has 2 aromatic rings. The van der Waals surface area contributed by atoms with Crippen molar-refractivity contribution in [1.29, 1.82) is 0 Å². The third-order valence-corrected chi connectivity index (χ3v) is 4.37. The van der Waals surface area contributed by atoms with Crippen LogP contribution < -0.4 is 4.74 Å². The van der Waals surface area contributed by atoms with Crippen molar-refractivity contribution in [3.63, 3.8) is 0 Å². The molecule has 0 radical (unpaired) electrons. The Morgan fingerprint density at radius 3 is 2.50 bits per heavy atom. The number of halogens is 2. The van der Waals surface area contributed by atoms with Crippen molar-refractivity contribution in [1.82, 2.24) is 9.78 Å². The number of benzene rings is 1. The van der Waals surface area contributed by atoms with Gasteiger partial charge >= 0.3 is 0 Å². The Hall–Kier alpha value is -1.000. The topological polar surface area (TPSA) is 27.1 Å². The smallest absolute Gasteiger partial charge is 0.131 e. The lowest BCUT2D eigenvalue weighted by atomic mass is 10.2. The van der Waals surface area contributed by atoms with E-state index in [1.165, 1.54) is 0 Å². The third kappa shape index (κ3) is 3.36. The maximum Gasteiger partial charge on any atom is 0.131 e. The summed E-state index contributed by atoms with van der Waals surface area (Å²) in [4.78, 5) is 0. The quantitative estimate of drug-likeness (QED) is 0.709. The molecule has 0 saturated heterocycles. The maximum absolute atomic E-state index is 5.84. The minimum Gasteiger partial charge on any atom is -0.487 e. The van der Waals surface area contributed by atoms with Crippen LogP contribution >= 0.6 is 27.5 Å². The summed E-state index contributed by atoms with van der Waals surface area (Å²) < 4.78 is 8.88. The molecule has 0 bridgehead atoms. The van der Waals surface area contributed by atoms with Crippen LogP contribution in [0.5, 0.6) is 5.75 Å². The number of ether oxygens (including phenoxy) is 1. The molecule has 5 heteroatoms. The maximum atomic E-state index is 5.84. The van der Waals surface area contributed by atoms with Gasteiger partial charge in [0, 0.05) is 12.4 Å². The summed E-state index contributed by atoms with van der Waals surface area (Å²) in [5, 5.41) is 4.56. The fourth-order valence-corrected chi connectivity index (χ4v) is 2.84. The molecule has 0 fully saturated rings. The van der Waals surface area contributed by atoms with Crippen molar-refractivity contribution >= 4 is 27.5 Å². The molecule has 0 aliphatic rings. The fraction of sp³-hybridized carbons (Fsp3) is 0.400. The van der Waals surface area contributed by atoms with Crippen LogP contribution in [0.3, 0.4) is 0 Å². The SMILES string of the molecule is CCc1nn(CC)c(COc2ccc(CCl)cc2)c1Br. The molecule has 1 heterocycles. The highest BCUT2D eigenvalue weighted by Gasteiger charge is 2.14. The van der Waals surface area contributed by atoms with Crippen LogP contribution in [0.2, 0.25) is 0 Å². The van der Waals surface area contributed by atoms with E-state index in [4.69, 9.17) is 16.3 Å². The zero-order chi connectivity index (χ0) is 14.5. The van der Waals surface area contributed by atoms with Crippen LogP contribution in [0.1, 0.15) is 30.8 Å². The lowest BCUT2D eigenvalue weighted by Crippen LogP contribution is -2.06. The summed E-state index contributed by atoms with van der Waals surface area (Å²) in [5.74, 6) is 1.36. The minimum absolute atomic E-state index is 0.502. The van der Waals surface area contributed by atoms with E-state index in [0.717, 1.165) is 40.1 Å². The van der Waals surface area contributed by atoms with E-state index in [1.807, 2.05) is 28.9 Å². The molecule has 1 aromatic heterocycles. The minimum atomic E-state index is 0.502. The van der Waals surface area contributed by atoms with Crippen LogP contribution in [-0.2, 0) is 25.5 Å². The Morgan fingerprint density at radius 1 is 1.25 bits per heavy atom. The summed E-state index contributed by atoms with van der Waals surface area (Å²) in [7, 11) is 0. The van der Waals surface area contributed by atoms with Gasteiger partial charge in [0.1, 0.15) is 12.4 Å². The number of nitrogens with zero attached hydrogens (tertiary/aromatic N) is 2. The number of aromatic nitrogens is 2. The van der Waals surface area contributed by atoms with Crippen molar-refractivity contribution in [2.24, 2.45) is 0 Å². The van der Waals surface area contributed by atoms with Gasteiger partial charge in [0.2, 0.25) is 0 Å². The molecule has 1 aromatic carbocycles. The lowest BCUT2D eigenvalue weighted by Gasteiger charge is -2.09. The average Bonchev–Trinajstić information content (AvgIpc) is 2.81. The van der Waals surface area contributed by atoms with Gasteiger partial charge in [0.25, 0.3) is 0 Å². The van der Waals surface area contributed by atoms with Crippen molar-refractivity contribution in [2.45, 2.75) is 39.3 Å². The second kappa shape index (κ2) is 7.14. The molecule has 20 heavy (non-hydrogen) atoms. The number of hydrogen-bond acceptors (Lipinski definition) is 2. The largest absolute Gasteiger partial charge is 0.487 e. The second-order valence-corrected chi connectivity index (χ2v) is 5.50. The second-order valence-electron chi connectivity index (χ2n) is 4.44. The Labute approximate surface area is 133 Å².